The van der Waals surface area contributed by atoms with Crippen LogP contribution in [0.1, 0.15) is 16.8 Å². The van der Waals surface area contributed by atoms with E-state index in [0.717, 1.165) is 0 Å². The van der Waals surface area contributed by atoms with Crippen molar-refractivity contribution in [3.8, 4) is 0 Å². The minimum atomic E-state index is -0.468. The Labute approximate surface area is 70.5 Å². The molecule has 0 radical (unpaired) electrons. The van der Waals surface area contributed by atoms with Gasteiger partial charge in [0.1, 0.15) is 5.82 Å². The molecule has 62 valence electrons. The third-order valence-electron chi connectivity index (χ3n) is 1.50. The summed E-state index contributed by atoms with van der Waals surface area (Å²) in [7, 11) is 0. The number of rotatable bonds is 3. The molecule has 0 atom stereocenters. The highest BCUT2D eigenvalue weighted by molar-refractivity contribution is 5.97. The van der Waals surface area contributed by atoms with Crippen molar-refractivity contribution in [3.05, 3.63) is 48.3 Å². The molecule has 0 saturated heterocycles. The Kier molecular flexibility index (Phi) is 2.75. The standard InChI is InChI=1S/C10H9FO/c1-2-5-10(12)8-6-3-4-7-9(8)11/h2-4,6-7H,1,5H2. The van der Waals surface area contributed by atoms with Crippen LogP contribution in [0.25, 0.3) is 0 Å². The number of hydrogen-bond donors (Lipinski definition) is 0. The minimum absolute atomic E-state index is 0.136. The zero-order valence-electron chi connectivity index (χ0n) is 6.59. The number of allylic oxidation sites excluding steroid dienone is 1. The Balaban J connectivity index is 2.94. The van der Waals surface area contributed by atoms with Crippen molar-refractivity contribution in [2.24, 2.45) is 0 Å². The molecule has 0 heterocycles. The molecule has 0 N–H and O–H groups in total. The van der Waals surface area contributed by atoms with Crippen molar-refractivity contribution < 1.29 is 9.18 Å². The van der Waals surface area contributed by atoms with Crippen LogP contribution in [0.3, 0.4) is 0 Å². The first-order valence-electron chi connectivity index (χ1n) is 3.64. The number of carbonyl (C=O) groups excluding carboxylic acids is 1. The first kappa shape index (κ1) is 8.65. The van der Waals surface area contributed by atoms with Crippen LogP contribution in [0.5, 0.6) is 0 Å². The van der Waals surface area contributed by atoms with Gasteiger partial charge in [-0.3, -0.25) is 4.79 Å². The van der Waals surface area contributed by atoms with E-state index in [1.165, 1.54) is 18.2 Å². The third-order valence-corrected chi connectivity index (χ3v) is 1.50. The van der Waals surface area contributed by atoms with Gasteiger partial charge in [0.05, 0.1) is 5.56 Å². The highest BCUT2D eigenvalue weighted by atomic mass is 19.1. The van der Waals surface area contributed by atoms with Gasteiger partial charge >= 0.3 is 0 Å². The van der Waals surface area contributed by atoms with E-state index >= 15 is 0 Å². The highest BCUT2D eigenvalue weighted by Gasteiger charge is 2.07. The van der Waals surface area contributed by atoms with Gasteiger partial charge in [-0.1, -0.05) is 18.2 Å². The van der Waals surface area contributed by atoms with Crippen LogP contribution in [0.2, 0.25) is 0 Å². The summed E-state index contributed by atoms with van der Waals surface area (Å²) in [5.41, 5.74) is 0.136. The van der Waals surface area contributed by atoms with Gasteiger partial charge in [-0.05, 0) is 12.1 Å². The van der Waals surface area contributed by atoms with Gasteiger partial charge in [0.2, 0.25) is 0 Å². The van der Waals surface area contributed by atoms with Gasteiger partial charge in [-0.25, -0.2) is 4.39 Å². The minimum Gasteiger partial charge on any atom is -0.294 e. The second kappa shape index (κ2) is 3.81. The van der Waals surface area contributed by atoms with Gasteiger partial charge in [0, 0.05) is 6.42 Å². The molecule has 0 spiro atoms. The summed E-state index contributed by atoms with van der Waals surface area (Å²) in [4.78, 5) is 11.2. The second-order valence-electron chi connectivity index (χ2n) is 2.40. The van der Waals surface area contributed by atoms with Gasteiger partial charge in [0.25, 0.3) is 0 Å². The Bertz CT molecular complexity index is 304. The van der Waals surface area contributed by atoms with E-state index in [-0.39, 0.29) is 17.8 Å². The van der Waals surface area contributed by atoms with Gasteiger partial charge in [-0.15, -0.1) is 6.58 Å². The molecule has 0 amide bonds. The predicted octanol–water partition coefficient (Wildman–Crippen LogP) is 2.58. The first-order chi connectivity index (χ1) is 5.75. The number of halogens is 1. The van der Waals surface area contributed by atoms with Crippen LogP contribution in [-0.4, -0.2) is 5.78 Å². The molecular weight excluding hydrogens is 155 g/mol. The molecule has 1 rings (SSSR count). The number of hydrogen-bond acceptors (Lipinski definition) is 1. The van der Waals surface area contributed by atoms with Crippen LogP contribution < -0.4 is 0 Å². The molecule has 1 nitrogen and oxygen atoms in total. The second-order valence-corrected chi connectivity index (χ2v) is 2.40. The zero-order chi connectivity index (χ0) is 8.97. The average molecular weight is 164 g/mol. The lowest BCUT2D eigenvalue weighted by Crippen LogP contribution is -1.99. The fourth-order valence-electron chi connectivity index (χ4n) is 0.928. The Hall–Kier alpha value is -1.44. The fraction of sp³-hybridized carbons (Fsp3) is 0.100. The predicted molar refractivity (Wildman–Crippen MR) is 45.5 cm³/mol. The van der Waals surface area contributed by atoms with Crippen LogP contribution in [0.4, 0.5) is 4.39 Å². The van der Waals surface area contributed by atoms with E-state index in [9.17, 15) is 9.18 Å². The average Bonchev–Trinajstić information content (AvgIpc) is 2.05. The summed E-state index contributed by atoms with van der Waals surface area (Å²) in [5, 5.41) is 0. The van der Waals surface area contributed by atoms with Crippen molar-refractivity contribution in [1.29, 1.82) is 0 Å². The van der Waals surface area contributed by atoms with Crippen molar-refractivity contribution in [2.75, 3.05) is 0 Å². The molecule has 0 saturated carbocycles. The first-order valence-corrected chi connectivity index (χ1v) is 3.64. The Morgan fingerprint density at radius 3 is 2.75 bits per heavy atom. The van der Waals surface area contributed by atoms with E-state index in [4.69, 9.17) is 0 Å². The zero-order valence-corrected chi connectivity index (χ0v) is 6.59. The molecule has 0 aliphatic heterocycles. The van der Waals surface area contributed by atoms with E-state index in [0.29, 0.717) is 0 Å². The number of benzene rings is 1. The molecule has 2 heteroatoms. The van der Waals surface area contributed by atoms with Crippen LogP contribution >= 0.6 is 0 Å². The summed E-state index contributed by atoms with van der Waals surface area (Å²) in [6, 6.07) is 5.94. The number of Topliss-reactive ketones (excluding diaryl/α,β-unsaturated/α-hetero) is 1. The maximum atomic E-state index is 12.9. The molecule has 12 heavy (non-hydrogen) atoms. The lowest BCUT2D eigenvalue weighted by Gasteiger charge is -1.97. The monoisotopic (exact) mass is 164 g/mol. The quantitative estimate of drug-likeness (QED) is 0.495. The van der Waals surface area contributed by atoms with Gasteiger partial charge < -0.3 is 0 Å². The third kappa shape index (κ3) is 1.78. The molecule has 0 aliphatic carbocycles. The van der Waals surface area contributed by atoms with E-state index < -0.39 is 5.82 Å². The number of carbonyl (C=O) groups is 1. The largest absolute Gasteiger partial charge is 0.294 e. The van der Waals surface area contributed by atoms with E-state index in [1.807, 2.05) is 0 Å². The molecule has 1 aromatic rings. The maximum Gasteiger partial charge on any atom is 0.169 e. The van der Waals surface area contributed by atoms with E-state index in [1.54, 1.807) is 12.1 Å². The fourth-order valence-corrected chi connectivity index (χ4v) is 0.928. The molecule has 0 bridgehead atoms. The van der Waals surface area contributed by atoms with Crippen molar-refractivity contribution in [2.45, 2.75) is 6.42 Å². The van der Waals surface area contributed by atoms with Crippen LogP contribution in [0.15, 0.2) is 36.9 Å². The number of ketones is 1. The maximum absolute atomic E-state index is 12.9. The molecule has 1 aromatic carbocycles. The Morgan fingerprint density at radius 2 is 2.17 bits per heavy atom. The van der Waals surface area contributed by atoms with Gasteiger partial charge in [-0.2, -0.15) is 0 Å². The van der Waals surface area contributed by atoms with E-state index in [2.05, 4.69) is 6.58 Å². The summed E-state index contributed by atoms with van der Waals surface area (Å²) >= 11 is 0. The summed E-state index contributed by atoms with van der Waals surface area (Å²) in [6.07, 6.45) is 1.65. The molecular formula is C10H9FO. The van der Waals surface area contributed by atoms with Crippen molar-refractivity contribution in [1.82, 2.24) is 0 Å². The molecule has 0 aliphatic rings. The lowest BCUT2D eigenvalue weighted by atomic mass is 10.1. The summed E-state index contributed by atoms with van der Waals surface area (Å²) < 4.78 is 12.9. The highest BCUT2D eigenvalue weighted by Crippen LogP contribution is 2.08. The SMILES string of the molecule is C=CCC(=O)c1ccccc1F. The lowest BCUT2D eigenvalue weighted by molar-refractivity contribution is 0.0992. The van der Waals surface area contributed by atoms with Crippen molar-refractivity contribution in [3.63, 3.8) is 0 Å². The Morgan fingerprint density at radius 1 is 1.50 bits per heavy atom. The smallest absolute Gasteiger partial charge is 0.169 e. The molecule has 0 aromatic heterocycles. The van der Waals surface area contributed by atoms with Crippen LogP contribution in [0, 0.1) is 5.82 Å². The van der Waals surface area contributed by atoms with Crippen LogP contribution in [-0.2, 0) is 0 Å². The molecule has 0 unspecified atom stereocenters. The molecule has 0 fully saturated rings. The topological polar surface area (TPSA) is 17.1 Å². The van der Waals surface area contributed by atoms with Crippen molar-refractivity contribution >= 4 is 5.78 Å². The summed E-state index contributed by atoms with van der Waals surface area (Å²) in [6.45, 7) is 3.41. The normalized spacial score (nSPS) is 9.42. The summed E-state index contributed by atoms with van der Waals surface area (Å²) in [5.74, 6) is -0.701. The van der Waals surface area contributed by atoms with Gasteiger partial charge in [0.15, 0.2) is 5.78 Å².